The molecule has 36 heavy (non-hydrogen) atoms. The number of aromatic nitrogens is 4. The second-order valence-corrected chi connectivity index (χ2v) is 9.77. The first kappa shape index (κ1) is 25.2. The number of nitrogens with one attached hydrogen (secondary N) is 1. The molecule has 1 atom stereocenters. The van der Waals surface area contributed by atoms with Crippen molar-refractivity contribution in [3.63, 3.8) is 0 Å². The third-order valence-electron chi connectivity index (χ3n) is 5.52. The van der Waals surface area contributed by atoms with Gasteiger partial charge in [-0.3, -0.25) is 9.55 Å². The summed E-state index contributed by atoms with van der Waals surface area (Å²) in [6.07, 6.45) is -0.927. The van der Waals surface area contributed by atoms with Crippen molar-refractivity contribution >= 4 is 20.9 Å². The lowest BCUT2D eigenvalue weighted by Gasteiger charge is -2.18. The Bertz CT molecular complexity index is 1630. The van der Waals surface area contributed by atoms with Crippen molar-refractivity contribution in [2.45, 2.75) is 37.9 Å². The van der Waals surface area contributed by atoms with E-state index in [0.29, 0.717) is 18.0 Å². The largest absolute Gasteiger partial charge is 0.404 e. The topological polar surface area (TPSA) is 114 Å². The smallest absolute Gasteiger partial charge is 0.275 e. The minimum atomic E-state index is -4.78. The molecule has 0 amide bonds. The molecule has 13 heteroatoms. The van der Waals surface area contributed by atoms with Crippen LogP contribution in [0, 0.1) is 31.0 Å². The van der Waals surface area contributed by atoms with Crippen LogP contribution in [0.4, 0.5) is 17.6 Å². The molecule has 186 valence electrons. The minimum absolute atomic E-state index is 0.0476. The van der Waals surface area contributed by atoms with E-state index in [4.69, 9.17) is 0 Å². The lowest BCUT2D eigenvalue weighted by molar-refractivity contribution is -0.147. The molecule has 0 aliphatic carbocycles. The number of halogens is 4. The van der Waals surface area contributed by atoms with Crippen LogP contribution >= 0.6 is 0 Å². The maximum atomic E-state index is 14.4. The van der Waals surface area contributed by atoms with E-state index in [1.807, 2.05) is 0 Å². The van der Waals surface area contributed by atoms with Crippen molar-refractivity contribution in [2.24, 2.45) is 0 Å². The fourth-order valence-corrected chi connectivity index (χ4v) is 4.93. The Kier molecular flexibility index (Phi) is 6.27. The number of pyridine rings is 1. The molecule has 1 N–H and O–H groups in total. The highest BCUT2D eigenvalue weighted by Crippen LogP contribution is 2.37. The summed E-state index contributed by atoms with van der Waals surface area (Å²) >= 11 is 0. The summed E-state index contributed by atoms with van der Waals surface area (Å²) in [7, 11) is -4.56. The van der Waals surface area contributed by atoms with Crippen LogP contribution in [-0.2, 0) is 10.0 Å². The number of nitrogens with zero attached hydrogens (tertiary/aromatic N) is 5. The average molecular weight is 518 g/mol. The lowest BCUT2D eigenvalue weighted by atomic mass is 10.1. The van der Waals surface area contributed by atoms with Gasteiger partial charge >= 0.3 is 6.18 Å². The molecule has 3 aromatic heterocycles. The van der Waals surface area contributed by atoms with E-state index in [0.717, 1.165) is 12.3 Å². The number of benzene rings is 1. The van der Waals surface area contributed by atoms with Gasteiger partial charge in [-0.1, -0.05) is 0 Å². The van der Waals surface area contributed by atoms with E-state index in [9.17, 15) is 31.2 Å². The molecular weight excluding hydrogens is 500 g/mol. The van der Waals surface area contributed by atoms with Gasteiger partial charge in [0, 0.05) is 24.0 Å². The number of sulfonamides is 1. The monoisotopic (exact) mass is 518 g/mol. The lowest BCUT2D eigenvalue weighted by Crippen LogP contribution is -2.43. The number of alkyl halides is 3. The van der Waals surface area contributed by atoms with E-state index in [1.165, 1.54) is 36.0 Å². The molecule has 0 saturated carbocycles. The molecule has 0 radical (unpaired) electrons. The fourth-order valence-electron chi connectivity index (χ4n) is 3.67. The highest BCUT2D eigenvalue weighted by Gasteiger charge is 2.39. The van der Waals surface area contributed by atoms with Gasteiger partial charge in [0.25, 0.3) is 0 Å². The van der Waals surface area contributed by atoms with Crippen LogP contribution < -0.4 is 4.72 Å². The van der Waals surface area contributed by atoms with E-state index in [2.05, 4.69) is 21.0 Å². The second-order valence-electron chi connectivity index (χ2n) is 8.06. The summed E-state index contributed by atoms with van der Waals surface area (Å²) in [5, 5.41) is 10.2. The van der Waals surface area contributed by atoms with Gasteiger partial charge in [-0.05, 0) is 56.2 Å². The van der Waals surface area contributed by atoms with Gasteiger partial charge in [0.15, 0.2) is 0 Å². The van der Waals surface area contributed by atoms with Crippen LogP contribution in [0.5, 0.6) is 0 Å². The minimum Gasteiger partial charge on any atom is -0.275 e. The number of hydrogen-bond donors (Lipinski definition) is 1. The first-order valence-corrected chi connectivity index (χ1v) is 11.9. The van der Waals surface area contributed by atoms with Gasteiger partial charge in [0.1, 0.15) is 22.8 Å². The molecule has 1 unspecified atom stereocenters. The highest BCUT2D eigenvalue weighted by molar-refractivity contribution is 7.89. The number of fused-ring (bicyclic) bond motifs is 1. The SMILES string of the molecule is Cc1cc2c(cc1F)c(C#N)c(-c1ncc(S(=O)(=O)NC(C)C(F)(F)F)cc1C)n2-c1ncccn1. The first-order valence-electron chi connectivity index (χ1n) is 10.4. The van der Waals surface area contributed by atoms with Crippen molar-refractivity contribution in [3.8, 4) is 23.4 Å². The van der Waals surface area contributed by atoms with E-state index in [-0.39, 0.29) is 33.8 Å². The van der Waals surface area contributed by atoms with Gasteiger partial charge in [-0.2, -0.15) is 23.2 Å². The molecule has 1 aromatic carbocycles. The van der Waals surface area contributed by atoms with Crippen LogP contribution in [0.3, 0.4) is 0 Å². The number of nitriles is 1. The first-order chi connectivity index (χ1) is 16.8. The summed E-state index contributed by atoms with van der Waals surface area (Å²) in [4.78, 5) is 12.2. The van der Waals surface area contributed by atoms with Gasteiger partial charge in [-0.25, -0.2) is 22.8 Å². The van der Waals surface area contributed by atoms with Gasteiger partial charge in [0.05, 0.1) is 22.5 Å². The van der Waals surface area contributed by atoms with Crippen molar-refractivity contribution in [3.05, 3.63) is 65.4 Å². The summed E-state index contributed by atoms with van der Waals surface area (Å²) < 4.78 is 81.3. The Balaban J connectivity index is 1.96. The van der Waals surface area contributed by atoms with Crippen LogP contribution in [0.15, 0.2) is 47.8 Å². The zero-order valence-electron chi connectivity index (χ0n) is 19.1. The molecule has 0 aliphatic rings. The van der Waals surface area contributed by atoms with Crippen LogP contribution in [0.2, 0.25) is 0 Å². The van der Waals surface area contributed by atoms with Crippen molar-refractivity contribution in [2.75, 3.05) is 0 Å². The number of aryl methyl sites for hydroxylation is 2. The maximum Gasteiger partial charge on any atom is 0.404 e. The average Bonchev–Trinajstić information content (AvgIpc) is 3.11. The Morgan fingerprint density at radius 2 is 1.75 bits per heavy atom. The normalized spacial score (nSPS) is 13.1. The fraction of sp³-hybridized carbons (Fsp3) is 0.217. The molecule has 0 spiro atoms. The van der Waals surface area contributed by atoms with Crippen LogP contribution in [0.1, 0.15) is 23.6 Å². The Labute approximate surface area is 203 Å². The summed E-state index contributed by atoms with van der Waals surface area (Å²) in [5.74, 6) is -0.378. The van der Waals surface area contributed by atoms with E-state index >= 15 is 0 Å². The molecule has 4 rings (SSSR count). The molecule has 0 fully saturated rings. The summed E-state index contributed by atoms with van der Waals surface area (Å²) in [6, 6.07) is 5.21. The van der Waals surface area contributed by atoms with Crippen molar-refractivity contribution < 1.29 is 26.0 Å². The summed E-state index contributed by atoms with van der Waals surface area (Å²) in [6.45, 7) is 3.74. The Hall–Kier alpha value is -3.89. The van der Waals surface area contributed by atoms with Crippen molar-refractivity contribution in [1.82, 2.24) is 24.2 Å². The quantitative estimate of drug-likeness (QED) is 0.393. The molecule has 0 saturated heterocycles. The molecule has 0 aliphatic heterocycles. The second kappa shape index (κ2) is 8.96. The molecule has 0 bridgehead atoms. The predicted octanol–water partition coefficient (Wildman–Crippen LogP) is 4.34. The van der Waals surface area contributed by atoms with E-state index in [1.54, 1.807) is 17.7 Å². The van der Waals surface area contributed by atoms with Gasteiger partial charge < -0.3 is 0 Å². The Morgan fingerprint density at radius 1 is 1.08 bits per heavy atom. The third kappa shape index (κ3) is 4.40. The van der Waals surface area contributed by atoms with Gasteiger partial charge in [0.2, 0.25) is 16.0 Å². The Morgan fingerprint density at radius 3 is 2.33 bits per heavy atom. The number of rotatable bonds is 5. The molecule has 4 aromatic rings. The molecular formula is C23H18F4N6O2S. The summed E-state index contributed by atoms with van der Waals surface area (Å²) in [5.41, 5.74) is 1.35. The molecule has 3 heterocycles. The standard InChI is InChI=1S/C23H18F4N6O2S/c1-12-8-19-16(9-18(12)24)17(10-28)21(33(19)22-29-5-4-6-30-22)20-13(2)7-15(11-31-20)36(34,35)32-14(3)23(25,26)27/h4-9,11,14,32H,1-3H3. The van der Waals surface area contributed by atoms with Crippen molar-refractivity contribution in [1.29, 1.82) is 5.26 Å². The van der Waals surface area contributed by atoms with Crippen LogP contribution in [0.25, 0.3) is 28.2 Å². The van der Waals surface area contributed by atoms with E-state index < -0.39 is 33.0 Å². The maximum absolute atomic E-state index is 14.4. The highest BCUT2D eigenvalue weighted by atomic mass is 32.2. The zero-order valence-corrected chi connectivity index (χ0v) is 19.9. The van der Waals surface area contributed by atoms with Crippen LogP contribution in [-0.4, -0.2) is 40.2 Å². The molecule has 8 nitrogen and oxygen atoms in total. The predicted molar refractivity (Wildman–Crippen MR) is 122 cm³/mol. The number of hydrogen-bond acceptors (Lipinski definition) is 6. The zero-order chi connectivity index (χ0) is 26.4. The third-order valence-corrected chi connectivity index (χ3v) is 7.03. The van der Waals surface area contributed by atoms with Gasteiger partial charge in [-0.15, -0.1) is 0 Å².